The van der Waals surface area contributed by atoms with Gasteiger partial charge in [-0.05, 0) is 43.9 Å². The summed E-state index contributed by atoms with van der Waals surface area (Å²) in [6.45, 7) is 8.27. The number of hydrogen-bond acceptors (Lipinski definition) is 4. The minimum atomic E-state index is -0.731. The van der Waals surface area contributed by atoms with E-state index in [9.17, 15) is 4.79 Å². The molecule has 2 unspecified atom stereocenters. The van der Waals surface area contributed by atoms with E-state index in [0.29, 0.717) is 24.6 Å². The molecule has 0 aromatic heterocycles. The predicted octanol–water partition coefficient (Wildman–Crippen LogP) is 4.64. The van der Waals surface area contributed by atoms with Gasteiger partial charge >= 0.3 is 0 Å². The lowest BCUT2D eigenvalue weighted by molar-refractivity contribution is 0.0236. The van der Waals surface area contributed by atoms with Gasteiger partial charge in [0.05, 0.1) is 18.3 Å². The summed E-state index contributed by atoms with van der Waals surface area (Å²) in [5.41, 5.74) is 1.78. The molecule has 1 N–H and O–H groups in total. The van der Waals surface area contributed by atoms with E-state index in [1.54, 1.807) is 0 Å². The molecule has 2 aromatic carbocycles. The average Bonchev–Trinajstić information content (AvgIpc) is 3.23. The maximum Gasteiger partial charge on any atom is 0.258 e. The van der Waals surface area contributed by atoms with Crippen molar-refractivity contribution in [2.75, 3.05) is 25.1 Å². The van der Waals surface area contributed by atoms with Crippen molar-refractivity contribution in [1.29, 1.82) is 0 Å². The van der Waals surface area contributed by atoms with Crippen molar-refractivity contribution in [2.45, 2.75) is 45.4 Å². The number of carbonyl (C=O) groups excluding carboxylic acids is 1. The Bertz CT molecular complexity index is 876. The van der Waals surface area contributed by atoms with Crippen molar-refractivity contribution < 1.29 is 14.3 Å². The molecule has 2 aliphatic rings. The number of benzene rings is 2. The minimum Gasteiger partial charge on any atom is -0.493 e. The van der Waals surface area contributed by atoms with Crippen molar-refractivity contribution in [2.24, 2.45) is 5.92 Å². The molecule has 1 amide bonds. The second-order valence-electron chi connectivity index (χ2n) is 8.49. The fourth-order valence-corrected chi connectivity index (χ4v) is 4.18. The molecule has 0 spiro atoms. The molecule has 5 heteroatoms. The highest BCUT2D eigenvalue weighted by Crippen LogP contribution is 2.41. The van der Waals surface area contributed by atoms with Gasteiger partial charge in [0.15, 0.2) is 0 Å². The van der Waals surface area contributed by atoms with Gasteiger partial charge in [0.1, 0.15) is 11.4 Å². The van der Waals surface area contributed by atoms with Crippen molar-refractivity contribution in [3.05, 3.63) is 59.7 Å². The quantitative estimate of drug-likeness (QED) is 0.775. The van der Waals surface area contributed by atoms with Gasteiger partial charge in [0, 0.05) is 24.4 Å². The van der Waals surface area contributed by atoms with Gasteiger partial charge in [-0.3, -0.25) is 4.79 Å². The summed E-state index contributed by atoms with van der Waals surface area (Å²) in [5, 5.41) is 3.64. The maximum atomic E-state index is 13.6. The third-order valence-corrected chi connectivity index (χ3v) is 5.71. The summed E-state index contributed by atoms with van der Waals surface area (Å²) < 4.78 is 12.0. The Morgan fingerprint density at radius 3 is 2.72 bits per heavy atom. The van der Waals surface area contributed by atoms with Crippen LogP contribution in [0.5, 0.6) is 5.75 Å². The fraction of sp³-hybridized carbons (Fsp3) is 0.458. The second kappa shape index (κ2) is 8.07. The van der Waals surface area contributed by atoms with Gasteiger partial charge in [-0.25, -0.2) is 0 Å². The van der Waals surface area contributed by atoms with Crippen molar-refractivity contribution in [1.82, 2.24) is 4.90 Å². The highest BCUT2D eigenvalue weighted by molar-refractivity contribution is 6.02. The number of nitrogens with zero attached hydrogens (tertiary/aromatic N) is 1. The lowest BCUT2D eigenvalue weighted by Crippen LogP contribution is -2.57. The summed E-state index contributed by atoms with van der Waals surface area (Å²) in [6, 6.07) is 15.7. The second-order valence-corrected chi connectivity index (χ2v) is 8.49. The molecule has 0 bridgehead atoms. The Hall–Kier alpha value is -2.53. The largest absolute Gasteiger partial charge is 0.493 e. The molecule has 0 radical (unpaired) electrons. The van der Waals surface area contributed by atoms with Gasteiger partial charge in [-0.2, -0.15) is 0 Å². The first-order valence-electron chi connectivity index (χ1n) is 10.5. The summed E-state index contributed by atoms with van der Waals surface area (Å²) in [6.07, 6.45) is 2.09. The van der Waals surface area contributed by atoms with E-state index in [1.807, 2.05) is 53.4 Å². The van der Waals surface area contributed by atoms with Gasteiger partial charge in [-0.1, -0.05) is 44.2 Å². The smallest absolute Gasteiger partial charge is 0.258 e. The summed E-state index contributed by atoms with van der Waals surface area (Å²) in [4.78, 5) is 15.5. The molecule has 2 aliphatic heterocycles. The predicted molar refractivity (Wildman–Crippen MR) is 114 cm³/mol. The first-order chi connectivity index (χ1) is 14.0. The highest BCUT2D eigenvalue weighted by atomic mass is 16.5. The van der Waals surface area contributed by atoms with Crippen LogP contribution in [0.3, 0.4) is 0 Å². The standard InChI is InChI=1S/C24H30N2O3/c1-17(2)16-29-22-13-7-5-11-20(22)24(3)25-21-12-6-4-10-19(21)23(27)26(24)15-18-9-8-14-28-18/h4-7,10-13,17-18,25H,8-9,14-16H2,1-3H3. The van der Waals surface area contributed by atoms with Crippen LogP contribution in [-0.4, -0.2) is 36.7 Å². The Kier molecular flexibility index (Phi) is 5.50. The highest BCUT2D eigenvalue weighted by Gasteiger charge is 2.45. The number of para-hydroxylation sites is 2. The number of hydrogen-bond donors (Lipinski definition) is 1. The minimum absolute atomic E-state index is 0.0241. The molecule has 4 rings (SSSR count). The van der Waals surface area contributed by atoms with E-state index < -0.39 is 5.66 Å². The maximum absolute atomic E-state index is 13.6. The third-order valence-electron chi connectivity index (χ3n) is 5.71. The molecule has 1 fully saturated rings. The third kappa shape index (κ3) is 3.84. The van der Waals surface area contributed by atoms with E-state index in [-0.39, 0.29) is 12.0 Å². The van der Waals surface area contributed by atoms with E-state index >= 15 is 0 Å². The van der Waals surface area contributed by atoms with Crippen LogP contribution >= 0.6 is 0 Å². The average molecular weight is 395 g/mol. The van der Waals surface area contributed by atoms with Crippen LogP contribution < -0.4 is 10.1 Å². The molecule has 0 saturated carbocycles. The number of anilines is 1. The van der Waals surface area contributed by atoms with Crippen LogP contribution in [0.1, 0.15) is 49.5 Å². The lowest BCUT2D eigenvalue weighted by atomic mass is 9.92. The van der Waals surface area contributed by atoms with Crippen LogP contribution in [0.4, 0.5) is 5.69 Å². The monoisotopic (exact) mass is 394 g/mol. The lowest BCUT2D eigenvalue weighted by Gasteiger charge is -2.47. The molecular weight excluding hydrogens is 364 g/mol. The number of rotatable bonds is 6. The zero-order valence-electron chi connectivity index (χ0n) is 17.5. The first kappa shape index (κ1) is 19.8. The van der Waals surface area contributed by atoms with Crippen LogP contribution in [0.25, 0.3) is 0 Å². The van der Waals surface area contributed by atoms with Crippen molar-refractivity contribution >= 4 is 11.6 Å². The normalized spacial score (nSPS) is 23.8. The van der Waals surface area contributed by atoms with Gasteiger partial charge in [0.2, 0.25) is 0 Å². The molecule has 1 saturated heterocycles. The number of ether oxygens (including phenoxy) is 2. The van der Waals surface area contributed by atoms with E-state index in [4.69, 9.17) is 9.47 Å². The Balaban J connectivity index is 1.77. The zero-order chi connectivity index (χ0) is 20.4. The number of nitrogens with one attached hydrogen (secondary N) is 1. The number of amides is 1. The summed E-state index contributed by atoms with van der Waals surface area (Å²) in [7, 11) is 0. The molecule has 2 aromatic rings. The van der Waals surface area contributed by atoms with Crippen LogP contribution in [0.2, 0.25) is 0 Å². The SMILES string of the molecule is CC(C)COc1ccccc1C1(C)Nc2ccccc2C(=O)N1CC1CCCO1. The van der Waals surface area contributed by atoms with Crippen LogP contribution in [0, 0.1) is 5.92 Å². The molecule has 2 atom stereocenters. The Labute approximate surface area is 173 Å². The van der Waals surface area contributed by atoms with E-state index in [0.717, 1.165) is 36.4 Å². The molecule has 5 nitrogen and oxygen atoms in total. The van der Waals surface area contributed by atoms with Crippen LogP contribution in [-0.2, 0) is 10.4 Å². The van der Waals surface area contributed by atoms with E-state index in [1.165, 1.54) is 0 Å². The fourth-order valence-electron chi connectivity index (χ4n) is 4.18. The van der Waals surface area contributed by atoms with Crippen molar-refractivity contribution in [3.63, 3.8) is 0 Å². The molecule has 29 heavy (non-hydrogen) atoms. The van der Waals surface area contributed by atoms with Gasteiger partial charge in [-0.15, -0.1) is 0 Å². The summed E-state index contributed by atoms with van der Waals surface area (Å²) in [5.74, 6) is 1.25. The Morgan fingerprint density at radius 1 is 1.21 bits per heavy atom. The topological polar surface area (TPSA) is 50.8 Å². The molecule has 2 heterocycles. The van der Waals surface area contributed by atoms with Crippen LogP contribution in [0.15, 0.2) is 48.5 Å². The van der Waals surface area contributed by atoms with E-state index in [2.05, 4.69) is 26.1 Å². The Morgan fingerprint density at radius 2 is 1.97 bits per heavy atom. The van der Waals surface area contributed by atoms with Crippen molar-refractivity contribution in [3.8, 4) is 5.75 Å². The number of carbonyl (C=O) groups is 1. The number of fused-ring (bicyclic) bond motifs is 1. The first-order valence-corrected chi connectivity index (χ1v) is 10.5. The van der Waals surface area contributed by atoms with Gasteiger partial charge < -0.3 is 19.7 Å². The zero-order valence-corrected chi connectivity index (χ0v) is 17.5. The van der Waals surface area contributed by atoms with Gasteiger partial charge in [0.25, 0.3) is 5.91 Å². The molecule has 0 aliphatic carbocycles. The molecule has 154 valence electrons. The summed E-state index contributed by atoms with van der Waals surface area (Å²) >= 11 is 0. The molecular formula is C24H30N2O3.